The van der Waals surface area contributed by atoms with E-state index in [4.69, 9.17) is 0 Å². The van der Waals surface area contributed by atoms with Crippen molar-refractivity contribution in [2.75, 3.05) is 14.1 Å². The second kappa shape index (κ2) is 6.58. The van der Waals surface area contributed by atoms with Crippen molar-refractivity contribution < 1.29 is 18.0 Å². The number of rotatable bonds is 3. The Morgan fingerprint density at radius 1 is 1.27 bits per heavy atom. The zero-order valence-electron chi connectivity index (χ0n) is 13.9. The first-order valence-corrected chi connectivity index (χ1v) is 7.52. The highest BCUT2D eigenvalue weighted by Gasteiger charge is 2.30. The first kappa shape index (κ1) is 17.6. The zero-order chi connectivity index (χ0) is 18.9. The second-order valence-electron chi connectivity index (χ2n) is 5.72. The van der Waals surface area contributed by atoms with E-state index in [-0.39, 0.29) is 11.2 Å². The zero-order valence-corrected chi connectivity index (χ0v) is 13.9. The van der Waals surface area contributed by atoms with Crippen molar-refractivity contribution in [1.29, 1.82) is 0 Å². The fourth-order valence-electron chi connectivity index (χ4n) is 2.35. The average Bonchev–Trinajstić information content (AvgIpc) is 3.03. The topological polar surface area (TPSA) is 62.9 Å². The number of nitrogens with zero attached hydrogens (tertiary/aromatic N) is 5. The fraction of sp³-hybridized carbons (Fsp3) is 0.176. The minimum absolute atomic E-state index is 0.164. The first-order chi connectivity index (χ1) is 12.3. The van der Waals surface area contributed by atoms with Gasteiger partial charge in [-0.3, -0.25) is 4.79 Å². The molecule has 0 fully saturated rings. The summed E-state index contributed by atoms with van der Waals surface area (Å²) < 4.78 is 40.2. The molecule has 3 rings (SSSR count). The molecule has 2 heterocycles. The molecule has 0 spiro atoms. The average molecular weight is 361 g/mol. The van der Waals surface area contributed by atoms with Gasteiger partial charge in [-0.25, -0.2) is 9.50 Å². The summed E-state index contributed by atoms with van der Waals surface area (Å²) in [5.41, 5.74) is 0.319. The number of carbonyl (C=O) groups excluding carboxylic acids is 1. The summed E-state index contributed by atoms with van der Waals surface area (Å²) >= 11 is 0. The second-order valence-corrected chi connectivity index (χ2v) is 5.72. The van der Waals surface area contributed by atoms with E-state index in [0.29, 0.717) is 11.3 Å². The molecule has 3 aromatic rings. The van der Waals surface area contributed by atoms with Gasteiger partial charge in [0.2, 0.25) is 0 Å². The van der Waals surface area contributed by atoms with Crippen LogP contribution in [0.5, 0.6) is 0 Å². The Labute approximate surface area is 146 Å². The van der Waals surface area contributed by atoms with Gasteiger partial charge in [0, 0.05) is 25.9 Å². The van der Waals surface area contributed by atoms with E-state index >= 15 is 0 Å². The predicted octanol–water partition coefficient (Wildman–Crippen LogP) is 3.15. The third kappa shape index (κ3) is 3.41. The van der Waals surface area contributed by atoms with Crippen LogP contribution in [0, 0.1) is 0 Å². The molecule has 0 unspecified atom stereocenters. The van der Waals surface area contributed by atoms with Gasteiger partial charge in [0.25, 0.3) is 5.91 Å². The van der Waals surface area contributed by atoms with Crippen molar-refractivity contribution in [3.63, 3.8) is 0 Å². The van der Waals surface area contributed by atoms with Crippen LogP contribution in [0.1, 0.15) is 15.9 Å². The number of alkyl halides is 3. The molecule has 0 atom stereocenters. The summed E-state index contributed by atoms with van der Waals surface area (Å²) in [6.07, 6.45) is -0.384. The van der Waals surface area contributed by atoms with Gasteiger partial charge in [0.1, 0.15) is 5.56 Å². The Bertz CT molecular complexity index is 991. The van der Waals surface area contributed by atoms with E-state index in [2.05, 4.69) is 15.1 Å². The van der Waals surface area contributed by atoms with Crippen molar-refractivity contribution in [3.8, 4) is 11.3 Å². The molecule has 2 aromatic heterocycles. The Morgan fingerprint density at radius 2 is 2.04 bits per heavy atom. The molecular weight excluding hydrogens is 347 g/mol. The van der Waals surface area contributed by atoms with Crippen LogP contribution in [-0.4, -0.2) is 45.8 Å². The Morgan fingerprint density at radius 3 is 2.73 bits per heavy atom. The molecule has 1 amide bonds. The number of hydrogen-bond donors (Lipinski definition) is 0. The normalized spacial score (nSPS) is 12.0. The van der Waals surface area contributed by atoms with Gasteiger partial charge >= 0.3 is 6.18 Å². The third-order valence-corrected chi connectivity index (χ3v) is 3.52. The molecule has 0 N–H and O–H groups in total. The van der Waals surface area contributed by atoms with Gasteiger partial charge in [-0.05, 0) is 18.2 Å². The van der Waals surface area contributed by atoms with E-state index in [0.717, 1.165) is 12.1 Å². The maximum absolute atomic E-state index is 13.0. The standard InChI is InChI=1S/C17H14F3N5O/c1-24(2)10-22-16(26)13-9-23-25-14(6-7-21-15(13)25)11-4-3-5-12(8-11)17(18,19)20/h3-10H,1-2H3. The van der Waals surface area contributed by atoms with Crippen LogP contribution in [0.15, 0.2) is 47.7 Å². The number of benzene rings is 1. The number of hydrogen-bond acceptors (Lipinski definition) is 3. The molecule has 0 aliphatic carbocycles. The number of aromatic nitrogens is 3. The van der Waals surface area contributed by atoms with Crippen molar-refractivity contribution in [2.24, 2.45) is 4.99 Å². The van der Waals surface area contributed by atoms with Gasteiger partial charge in [0.05, 0.1) is 23.8 Å². The number of carbonyl (C=O) groups is 1. The van der Waals surface area contributed by atoms with E-state index in [1.54, 1.807) is 19.0 Å². The van der Waals surface area contributed by atoms with E-state index in [1.165, 1.54) is 41.4 Å². The van der Waals surface area contributed by atoms with Crippen LogP contribution >= 0.6 is 0 Å². The molecule has 26 heavy (non-hydrogen) atoms. The largest absolute Gasteiger partial charge is 0.416 e. The first-order valence-electron chi connectivity index (χ1n) is 7.52. The van der Waals surface area contributed by atoms with Crippen LogP contribution in [0.3, 0.4) is 0 Å². The van der Waals surface area contributed by atoms with Crippen molar-refractivity contribution in [3.05, 3.63) is 53.9 Å². The summed E-state index contributed by atoms with van der Waals surface area (Å²) in [6.45, 7) is 0. The molecule has 0 saturated carbocycles. The molecule has 0 saturated heterocycles. The van der Waals surface area contributed by atoms with Crippen molar-refractivity contribution >= 4 is 17.9 Å². The minimum Gasteiger partial charge on any atom is -0.369 e. The summed E-state index contributed by atoms with van der Waals surface area (Å²) in [5, 5.41) is 4.10. The summed E-state index contributed by atoms with van der Waals surface area (Å²) in [7, 11) is 3.44. The van der Waals surface area contributed by atoms with Crippen LogP contribution in [-0.2, 0) is 6.18 Å². The SMILES string of the molecule is CN(C)C=NC(=O)c1cnn2c(-c3cccc(C(F)(F)F)c3)ccnc12. The van der Waals surface area contributed by atoms with Crippen molar-refractivity contribution in [2.45, 2.75) is 6.18 Å². The molecule has 6 nitrogen and oxygen atoms in total. The Hall–Kier alpha value is -3.23. The highest BCUT2D eigenvalue weighted by molar-refractivity contribution is 6.03. The quantitative estimate of drug-likeness (QED) is 0.531. The highest BCUT2D eigenvalue weighted by atomic mass is 19.4. The summed E-state index contributed by atoms with van der Waals surface area (Å²) in [6, 6.07) is 6.42. The number of halogens is 3. The van der Waals surface area contributed by atoms with Gasteiger partial charge in [-0.15, -0.1) is 0 Å². The Balaban J connectivity index is 2.09. The lowest BCUT2D eigenvalue weighted by Gasteiger charge is -2.09. The molecule has 9 heteroatoms. The summed E-state index contributed by atoms with van der Waals surface area (Å²) in [5.74, 6) is -0.539. The molecular formula is C17H14F3N5O. The molecule has 1 aromatic carbocycles. The third-order valence-electron chi connectivity index (χ3n) is 3.52. The highest BCUT2D eigenvalue weighted by Crippen LogP contribution is 2.32. The lowest BCUT2D eigenvalue weighted by atomic mass is 10.1. The maximum atomic E-state index is 13.0. The van der Waals surface area contributed by atoms with Crippen LogP contribution < -0.4 is 0 Å². The molecule has 0 bridgehead atoms. The summed E-state index contributed by atoms with van der Waals surface area (Å²) in [4.78, 5) is 21.7. The van der Waals surface area contributed by atoms with E-state index < -0.39 is 17.6 Å². The smallest absolute Gasteiger partial charge is 0.369 e. The molecule has 134 valence electrons. The van der Waals surface area contributed by atoms with E-state index in [1.807, 2.05) is 0 Å². The van der Waals surface area contributed by atoms with Gasteiger partial charge in [0.15, 0.2) is 5.65 Å². The monoisotopic (exact) mass is 361 g/mol. The minimum atomic E-state index is -4.45. The predicted molar refractivity (Wildman–Crippen MR) is 89.9 cm³/mol. The van der Waals surface area contributed by atoms with Crippen LogP contribution in [0.25, 0.3) is 16.9 Å². The fourth-order valence-corrected chi connectivity index (χ4v) is 2.35. The van der Waals surface area contributed by atoms with Crippen LogP contribution in [0.2, 0.25) is 0 Å². The van der Waals surface area contributed by atoms with Crippen molar-refractivity contribution in [1.82, 2.24) is 19.5 Å². The lowest BCUT2D eigenvalue weighted by molar-refractivity contribution is -0.137. The Kier molecular flexibility index (Phi) is 4.45. The van der Waals surface area contributed by atoms with Crippen LogP contribution in [0.4, 0.5) is 13.2 Å². The number of amides is 1. The van der Waals surface area contributed by atoms with Gasteiger partial charge < -0.3 is 4.90 Å². The van der Waals surface area contributed by atoms with Gasteiger partial charge in [-0.1, -0.05) is 12.1 Å². The van der Waals surface area contributed by atoms with E-state index in [9.17, 15) is 18.0 Å². The number of fused-ring (bicyclic) bond motifs is 1. The molecule has 0 aliphatic heterocycles. The number of aliphatic imine (C=N–C) groups is 1. The lowest BCUT2D eigenvalue weighted by Crippen LogP contribution is -2.10. The van der Waals surface area contributed by atoms with Gasteiger partial charge in [-0.2, -0.15) is 23.3 Å². The maximum Gasteiger partial charge on any atom is 0.416 e. The molecule has 0 radical (unpaired) electrons. The molecule has 0 aliphatic rings.